The molecule has 1 saturated carbocycles. The molecule has 3 rings (SSSR count). The van der Waals surface area contributed by atoms with E-state index in [-0.39, 0.29) is 26.5 Å². The molecule has 0 heterocycles. The van der Waals surface area contributed by atoms with Crippen molar-refractivity contribution < 1.29 is 22.7 Å². The second kappa shape index (κ2) is 8.16. The Labute approximate surface area is 173 Å². The molecule has 0 aromatic heterocycles. The first kappa shape index (κ1) is 20.7. The largest absolute Gasteiger partial charge is 0.497 e. The van der Waals surface area contributed by atoms with Crippen LogP contribution in [0.3, 0.4) is 0 Å². The van der Waals surface area contributed by atoms with Gasteiger partial charge in [0.15, 0.2) is 0 Å². The second-order valence-corrected chi connectivity index (χ2v) is 8.68. The summed E-state index contributed by atoms with van der Waals surface area (Å²) in [6, 6.07) is 7.19. The van der Waals surface area contributed by atoms with E-state index in [1.807, 2.05) is 0 Å². The van der Waals surface area contributed by atoms with Gasteiger partial charge in [-0.1, -0.05) is 23.2 Å². The highest BCUT2D eigenvalue weighted by molar-refractivity contribution is 7.89. The Morgan fingerprint density at radius 1 is 1.07 bits per heavy atom. The molecule has 0 unspecified atom stereocenters. The molecular weight excluding hydrogens is 427 g/mol. The molecule has 2 N–H and O–H groups in total. The number of halogens is 2. The fourth-order valence-corrected chi connectivity index (χ4v) is 4.66. The van der Waals surface area contributed by atoms with Gasteiger partial charge >= 0.3 is 0 Å². The number of methoxy groups -OCH3 is 2. The number of amides is 1. The lowest BCUT2D eigenvalue weighted by molar-refractivity contribution is 0.102. The lowest BCUT2D eigenvalue weighted by Crippen LogP contribution is -2.26. The van der Waals surface area contributed by atoms with Crippen molar-refractivity contribution in [1.29, 1.82) is 0 Å². The lowest BCUT2D eigenvalue weighted by atomic mass is 10.2. The highest BCUT2D eigenvalue weighted by Gasteiger charge is 2.30. The van der Waals surface area contributed by atoms with Crippen LogP contribution < -0.4 is 19.5 Å². The zero-order valence-corrected chi connectivity index (χ0v) is 17.4. The van der Waals surface area contributed by atoms with Crippen molar-refractivity contribution in [2.45, 2.75) is 23.8 Å². The van der Waals surface area contributed by atoms with E-state index in [2.05, 4.69) is 10.0 Å². The molecule has 2 aromatic carbocycles. The molecule has 1 aliphatic rings. The molecule has 150 valence electrons. The van der Waals surface area contributed by atoms with Crippen molar-refractivity contribution in [2.24, 2.45) is 0 Å². The number of rotatable bonds is 7. The minimum atomic E-state index is -3.86. The molecule has 1 amide bonds. The van der Waals surface area contributed by atoms with Gasteiger partial charge in [-0.15, -0.1) is 0 Å². The van der Waals surface area contributed by atoms with Crippen LogP contribution in [-0.4, -0.2) is 34.6 Å². The van der Waals surface area contributed by atoms with Gasteiger partial charge in [-0.25, -0.2) is 13.1 Å². The summed E-state index contributed by atoms with van der Waals surface area (Å²) in [6.45, 7) is 0. The normalized spacial score (nSPS) is 13.9. The summed E-state index contributed by atoms with van der Waals surface area (Å²) in [5.41, 5.74) is 0.311. The van der Waals surface area contributed by atoms with E-state index in [1.54, 1.807) is 18.2 Å². The van der Waals surface area contributed by atoms with E-state index >= 15 is 0 Å². The van der Waals surface area contributed by atoms with E-state index in [1.165, 1.54) is 20.3 Å². The van der Waals surface area contributed by atoms with Gasteiger partial charge in [-0.05, 0) is 37.1 Å². The first-order chi connectivity index (χ1) is 13.2. The highest BCUT2D eigenvalue weighted by Crippen LogP contribution is 2.33. The Morgan fingerprint density at radius 2 is 1.79 bits per heavy atom. The van der Waals surface area contributed by atoms with Crippen molar-refractivity contribution in [2.75, 3.05) is 19.5 Å². The average molecular weight is 445 g/mol. The molecule has 1 fully saturated rings. The van der Waals surface area contributed by atoms with Crippen LogP contribution in [0, 0.1) is 0 Å². The molecule has 0 bridgehead atoms. The fourth-order valence-electron chi connectivity index (χ4n) is 2.49. The first-order valence-electron chi connectivity index (χ1n) is 8.30. The molecule has 1 aliphatic carbocycles. The third-order valence-corrected chi connectivity index (χ3v) is 6.41. The van der Waals surface area contributed by atoms with Crippen molar-refractivity contribution in [1.82, 2.24) is 4.72 Å². The quantitative estimate of drug-likeness (QED) is 0.678. The van der Waals surface area contributed by atoms with Crippen LogP contribution in [0.15, 0.2) is 35.2 Å². The van der Waals surface area contributed by atoms with E-state index in [4.69, 9.17) is 32.7 Å². The molecule has 10 heteroatoms. The van der Waals surface area contributed by atoms with Gasteiger partial charge in [-0.3, -0.25) is 4.79 Å². The second-order valence-electron chi connectivity index (χ2n) is 6.18. The van der Waals surface area contributed by atoms with Crippen molar-refractivity contribution in [3.05, 3.63) is 45.9 Å². The summed E-state index contributed by atoms with van der Waals surface area (Å²) in [4.78, 5) is 12.6. The van der Waals surface area contributed by atoms with E-state index < -0.39 is 15.9 Å². The Morgan fingerprint density at radius 3 is 2.39 bits per heavy atom. The number of carbonyl (C=O) groups excluding carboxylic acids is 1. The van der Waals surface area contributed by atoms with E-state index in [0.29, 0.717) is 17.2 Å². The monoisotopic (exact) mass is 444 g/mol. The standard InChI is InChI=1S/C18H18Cl2N2O5S/c1-26-11-5-6-16(27-2)15(7-11)21-18(23)12-8-17(14(20)9-13(12)19)28(24,25)22-10-3-4-10/h5-10,22H,3-4H2,1-2H3,(H,21,23). The summed E-state index contributed by atoms with van der Waals surface area (Å²) >= 11 is 12.2. The van der Waals surface area contributed by atoms with Crippen LogP contribution in [0.4, 0.5) is 5.69 Å². The number of carbonyl (C=O) groups is 1. The summed E-state index contributed by atoms with van der Waals surface area (Å²) in [7, 11) is -0.909. The van der Waals surface area contributed by atoms with Crippen LogP contribution in [0.2, 0.25) is 10.0 Å². The smallest absolute Gasteiger partial charge is 0.257 e. The van der Waals surface area contributed by atoms with Crippen LogP contribution in [0.1, 0.15) is 23.2 Å². The topological polar surface area (TPSA) is 93.7 Å². The molecule has 2 aromatic rings. The molecular formula is C18H18Cl2N2O5S. The average Bonchev–Trinajstić information content (AvgIpc) is 3.44. The maximum atomic E-state index is 12.8. The number of ether oxygens (including phenoxy) is 2. The van der Waals surface area contributed by atoms with Crippen LogP contribution >= 0.6 is 23.2 Å². The summed E-state index contributed by atoms with van der Waals surface area (Å²) < 4.78 is 38.0. The third-order valence-electron chi connectivity index (χ3n) is 4.11. The minimum absolute atomic E-state index is 0.0229. The minimum Gasteiger partial charge on any atom is -0.497 e. The Bertz CT molecular complexity index is 1020. The van der Waals surface area contributed by atoms with Gasteiger partial charge in [0.1, 0.15) is 16.4 Å². The Hall–Kier alpha value is -2.00. The Balaban J connectivity index is 1.95. The SMILES string of the molecule is COc1ccc(OC)c(NC(=O)c2cc(S(=O)(=O)NC3CC3)c(Cl)cc2Cl)c1. The van der Waals surface area contributed by atoms with Gasteiger partial charge in [0.2, 0.25) is 10.0 Å². The number of nitrogens with one attached hydrogen (secondary N) is 2. The maximum absolute atomic E-state index is 12.8. The van der Waals surface area contributed by atoms with Gasteiger partial charge < -0.3 is 14.8 Å². The first-order valence-corrected chi connectivity index (χ1v) is 10.5. The third kappa shape index (κ3) is 4.52. The summed E-state index contributed by atoms with van der Waals surface area (Å²) in [6.07, 6.45) is 1.54. The number of sulfonamides is 1. The Kier molecular flexibility index (Phi) is 6.04. The van der Waals surface area contributed by atoms with Crippen LogP contribution in [-0.2, 0) is 10.0 Å². The van der Waals surface area contributed by atoms with Crippen LogP contribution in [0.5, 0.6) is 11.5 Å². The number of hydrogen-bond donors (Lipinski definition) is 2. The number of benzene rings is 2. The van der Waals surface area contributed by atoms with Crippen molar-refractivity contribution in [3.8, 4) is 11.5 Å². The molecule has 0 aliphatic heterocycles. The highest BCUT2D eigenvalue weighted by atomic mass is 35.5. The maximum Gasteiger partial charge on any atom is 0.257 e. The predicted octanol–water partition coefficient (Wildman–Crippen LogP) is 3.70. The molecule has 0 saturated heterocycles. The molecule has 0 atom stereocenters. The number of anilines is 1. The predicted molar refractivity (Wildman–Crippen MR) is 107 cm³/mol. The zero-order chi connectivity index (χ0) is 20.5. The van der Waals surface area contributed by atoms with Gasteiger partial charge in [0.25, 0.3) is 5.91 Å². The van der Waals surface area contributed by atoms with Crippen molar-refractivity contribution in [3.63, 3.8) is 0 Å². The summed E-state index contributed by atoms with van der Waals surface area (Å²) in [5.74, 6) is 0.300. The fraction of sp³-hybridized carbons (Fsp3) is 0.278. The van der Waals surface area contributed by atoms with Crippen LogP contribution in [0.25, 0.3) is 0 Å². The van der Waals surface area contributed by atoms with E-state index in [0.717, 1.165) is 18.9 Å². The lowest BCUT2D eigenvalue weighted by Gasteiger charge is -2.14. The van der Waals surface area contributed by atoms with Gasteiger partial charge in [0, 0.05) is 12.1 Å². The summed E-state index contributed by atoms with van der Waals surface area (Å²) in [5, 5.41) is 2.62. The molecule has 7 nitrogen and oxygen atoms in total. The van der Waals surface area contributed by atoms with E-state index in [9.17, 15) is 13.2 Å². The molecule has 0 radical (unpaired) electrons. The van der Waals surface area contributed by atoms with Gasteiger partial charge in [-0.2, -0.15) is 0 Å². The van der Waals surface area contributed by atoms with Gasteiger partial charge in [0.05, 0.1) is 35.5 Å². The van der Waals surface area contributed by atoms with Crippen molar-refractivity contribution >= 4 is 44.8 Å². The zero-order valence-electron chi connectivity index (χ0n) is 15.1. The number of hydrogen-bond acceptors (Lipinski definition) is 5. The molecule has 28 heavy (non-hydrogen) atoms. The molecule has 0 spiro atoms.